The van der Waals surface area contributed by atoms with Gasteiger partial charge < -0.3 is 4.74 Å². The van der Waals surface area contributed by atoms with Crippen molar-refractivity contribution < 1.29 is 9.53 Å². The molecule has 70 valence electrons. The average molecular weight is 251 g/mol. The molecule has 3 heteroatoms. The van der Waals surface area contributed by atoms with E-state index in [9.17, 15) is 4.79 Å². The molecule has 1 heterocycles. The molecule has 0 N–H and O–H groups in total. The van der Waals surface area contributed by atoms with Crippen molar-refractivity contribution in [2.24, 2.45) is 0 Å². The van der Waals surface area contributed by atoms with Crippen LogP contribution in [0.5, 0.6) is 0 Å². The lowest BCUT2D eigenvalue weighted by Gasteiger charge is -2.02. The van der Waals surface area contributed by atoms with Gasteiger partial charge in [0.15, 0.2) is 0 Å². The van der Waals surface area contributed by atoms with Crippen molar-refractivity contribution in [3.63, 3.8) is 0 Å². The van der Waals surface area contributed by atoms with Crippen LogP contribution in [0.1, 0.15) is 5.56 Å². The molecule has 0 aromatic heterocycles. The third-order valence-electron chi connectivity index (χ3n) is 1.92. The van der Waals surface area contributed by atoms with Crippen LogP contribution in [0.2, 0.25) is 0 Å². The van der Waals surface area contributed by atoms with E-state index in [0.29, 0.717) is 5.76 Å². The molecule has 0 saturated carbocycles. The molecule has 1 aliphatic rings. The van der Waals surface area contributed by atoms with Gasteiger partial charge in [-0.15, -0.1) is 0 Å². The number of halogens is 1. The van der Waals surface area contributed by atoms with Crippen LogP contribution >= 0.6 is 15.9 Å². The Balaban J connectivity index is 2.44. The fourth-order valence-corrected chi connectivity index (χ4v) is 1.65. The van der Waals surface area contributed by atoms with Crippen molar-refractivity contribution in [2.45, 2.75) is 0 Å². The molecule has 14 heavy (non-hydrogen) atoms. The van der Waals surface area contributed by atoms with Gasteiger partial charge in [-0.25, -0.2) is 4.79 Å². The van der Waals surface area contributed by atoms with Crippen LogP contribution in [0.25, 0.3) is 5.57 Å². The molecule has 2 rings (SSSR count). The van der Waals surface area contributed by atoms with E-state index in [2.05, 4.69) is 15.9 Å². The molecule has 0 fully saturated rings. The summed E-state index contributed by atoms with van der Waals surface area (Å²) < 4.78 is 4.96. The van der Waals surface area contributed by atoms with Gasteiger partial charge in [0.25, 0.3) is 0 Å². The van der Waals surface area contributed by atoms with E-state index in [1.165, 1.54) is 6.08 Å². The molecule has 0 bridgehead atoms. The Morgan fingerprint density at radius 2 is 1.93 bits per heavy atom. The lowest BCUT2D eigenvalue weighted by Crippen LogP contribution is -1.89. The Bertz CT molecular complexity index is 418. The largest absolute Gasteiger partial charge is 0.422 e. The van der Waals surface area contributed by atoms with Crippen LogP contribution in [0, 0.1) is 0 Å². The van der Waals surface area contributed by atoms with E-state index in [-0.39, 0.29) is 5.97 Å². The molecule has 0 unspecified atom stereocenters. The third-order valence-corrected chi connectivity index (χ3v) is 2.34. The summed E-state index contributed by atoms with van der Waals surface area (Å²) in [5.41, 5.74) is 1.79. The summed E-state index contributed by atoms with van der Waals surface area (Å²) in [5.74, 6) is 0.232. The SMILES string of the molecule is O=C1C=C(c2ccccc2)/C(=C/Br)O1. The molecule has 0 radical (unpaired) electrons. The lowest BCUT2D eigenvalue weighted by molar-refractivity contribution is -0.132. The number of allylic oxidation sites excluding steroid dienone is 1. The number of carbonyl (C=O) groups is 1. The third kappa shape index (κ3) is 1.63. The second-order valence-electron chi connectivity index (χ2n) is 2.82. The summed E-state index contributed by atoms with van der Waals surface area (Å²) in [7, 11) is 0. The number of hydrogen-bond acceptors (Lipinski definition) is 2. The van der Waals surface area contributed by atoms with Gasteiger partial charge in [0, 0.05) is 16.6 Å². The van der Waals surface area contributed by atoms with Gasteiger partial charge in [0.05, 0.1) is 0 Å². The van der Waals surface area contributed by atoms with E-state index < -0.39 is 0 Å². The minimum absolute atomic E-state index is 0.324. The van der Waals surface area contributed by atoms with Gasteiger partial charge in [-0.3, -0.25) is 0 Å². The van der Waals surface area contributed by atoms with Crippen molar-refractivity contribution in [1.82, 2.24) is 0 Å². The first-order chi connectivity index (χ1) is 6.81. The summed E-state index contributed by atoms with van der Waals surface area (Å²) in [6.07, 6.45) is 1.49. The lowest BCUT2D eigenvalue weighted by atomic mass is 10.1. The molecular weight excluding hydrogens is 244 g/mol. The summed E-state index contributed by atoms with van der Waals surface area (Å²) in [6.45, 7) is 0. The molecule has 1 aromatic carbocycles. The Morgan fingerprint density at radius 3 is 2.57 bits per heavy atom. The number of hydrogen-bond donors (Lipinski definition) is 0. The van der Waals surface area contributed by atoms with E-state index in [0.717, 1.165) is 11.1 Å². The summed E-state index contributed by atoms with van der Waals surface area (Å²) >= 11 is 3.16. The number of benzene rings is 1. The quantitative estimate of drug-likeness (QED) is 0.717. The highest BCUT2D eigenvalue weighted by molar-refractivity contribution is 9.11. The van der Waals surface area contributed by atoms with Gasteiger partial charge in [0.2, 0.25) is 0 Å². The molecule has 1 aliphatic heterocycles. The molecule has 2 nitrogen and oxygen atoms in total. The Labute approximate surface area is 90.0 Å². The van der Waals surface area contributed by atoms with Crippen molar-refractivity contribution in [3.8, 4) is 0 Å². The average Bonchev–Trinajstić information content (AvgIpc) is 2.61. The van der Waals surface area contributed by atoms with Gasteiger partial charge in [0.1, 0.15) is 5.76 Å². The molecule has 0 saturated heterocycles. The van der Waals surface area contributed by atoms with E-state index in [4.69, 9.17) is 4.74 Å². The van der Waals surface area contributed by atoms with Gasteiger partial charge in [-0.05, 0) is 5.56 Å². The summed E-state index contributed by atoms with van der Waals surface area (Å²) in [5, 5.41) is 0. The zero-order valence-corrected chi connectivity index (χ0v) is 8.82. The van der Waals surface area contributed by atoms with Crippen LogP contribution in [0.15, 0.2) is 47.2 Å². The van der Waals surface area contributed by atoms with Crippen molar-refractivity contribution in [2.75, 3.05) is 0 Å². The number of carbonyl (C=O) groups excluding carboxylic acids is 1. The fourth-order valence-electron chi connectivity index (χ4n) is 1.31. The summed E-state index contributed by atoms with van der Waals surface area (Å²) in [6, 6.07) is 9.64. The number of cyclic esters (lactones) is 1. The minimum Gasteiger partial charge on any atom is -0.422 e. The second kappa shape index (κ2) is 3.80. The standard InChI is InChI=1S/C11H7BrO2/c12-7-10-9(6-11(13)14-10)8-4-2-1-3-5-8/h1-7H/b10-7-. The Kier molecular flexibility index (Phi) is 2.50. The molecular formula is C11H7BrO2. The fraction of sp³-hybridized carbons (Fsp3) is 0. The molecule has 0 aliphatic carbocycles. The highest BCUT2D eigenvalue weighted by Crippen LogP contribution is 2.29. The van der Waals surface area contributed by atoms with Crippen LogP contribution in [0.4, 0.5) is 0 Å². The van der Waals surface area contributed by atoms with Crippen molar-refractivity contribution in [3.05, 3.63) is 52.7 Å². The minimum atomic E-state index is -0.324. The van der Waals surface area contributed by atoms with Crippen LogP contribution < -0.4 is 0 Å². The molecule has 0 atom stereocenters. The maximum atomic E-state index is 11.0. The predicted octanol–water partition coefficient (Wildman–Crippen LogP) is 2.86. The Morgan fingerprint density at radius 1 is 1.21 bits per heavy atom. The first-order valence-corrected chi connectivity index (χ1v) is 5.02. The molecule has 0 spiro atoms. The highest BCUT2D eigenvalue weighted by Gasteiger charge is 2.20. The zero-order chi connectivity index (χ0) is 9.97. The van der Waals surface area contributed by atoms with Crippen LogP contribution in [-0.2, 0) is 9.53 Å². The highest BCUT2D eigenvalue weighted by atomic mass is 79.9. The normalized spacial score (nSPS) is 18.2. The van der Waals surface area contributed by atoms with Crippen LogP contribution in [0.3, 0.4) is 0 Å². The smallest absolute Gasteiger partial charge is 0.336 e. The van der Waals surface area contributed by atoms with Gasteiger partial charge in [-0.1, -0.05) is 46.3 Å². The van der Waals surface area contributed by atoms with E-state index >= 15 is 0 Å². The molecule has 0 amide bonds. The zero-order valence-electron chi connectivity index (χ0n) is 7.24. The maximum absolute atomic E-state index is 11.0. The topological polar surface area (TPSA) is 26.3 Å². The van der Waals surface area contributed by atoms with Gasteiger partial charge in [-0.2, -0.15) is 0 Å². The Hall–Kier alpha value is -1.35. The molecule has 1 aromatic rings. The number of ether oxygens (including phenoxy) is 1. The first-order valence-electron chi connectivity index (χ1n) is 4.11. The number of rotatable bonds is 1. The maximum Gasteiger partial charge on any atom is 0.336 e. The van der Waals surface area contributed by atoms with Crippen molar-refractivity contribution in [1.29, 1.82) is 0 Å². The van der Waals surface area contributed by atoms with Crippen LogP contribution in [-0.4, -0.2) is 5.97 Å². The van der Waals surface area contributed by atoms with E-state index in [1.807, 2.05) is 30.3 Å². The monoisotopic (exact) mass is 250 g/mol. The number of esters is 1. The van der Waals surface area contributed by atoms with Gasteiger partial charge >= 0.3 is 5.97 Å². The predicted molar refractivity (Wildman–Crippen MR) is 57.5 cm³/mol. The van der Waals surface area contributed by atoms with E-state index in [1.54, 1.807) is 4.99 Å². The first kappa shape index (κ1) is 9.21. The second-order valence-corrected chi connectivity index (χ2v) is 3.28. The van der Waals surface area contributed by atoms with Crippen molar-refractivity contribution >= 4 is 27.5 Å². The summed E-state index contributed by atoms with van der Waals surface area (Å²) in [4.78, 5) is 12.6.